The third-order valence-corrected chi connectivity index (χ3v) is 3.56. The van der Waals surface area contributed by atoms with Crippen LogP contribution < -0.4 is 10.6 Å². The van der Waals surface area contributed by atoms with E-state index in [2.05, 4.69) is 20.4 Å². The van der Waals surface area contributed by atoms with Crippen molar-refractivity contribution < 1.29 is 9.47 Å². The van der Waals surface area contributed by atoms with Crippen LogP contribution in [0, 0.1) is 0 Å². The minimum absolute atomic E-state index is 0.809. The van der Waals surface area contributed by atoms with Gasteiger partial charge in [0, 0.05) is 52.4 Å². The van der Waals surface area contributed by atoms with Gasteiger partial charge >= 0.3 is 0 Å². The van der Waals surface area contributed by atoms with Crippen molar-refractivity contribution in [1.29, 1.82) is 0 Å². The molecule has 1 saturated heterocycles. The number of likely N-dealkylation sites (N-methyl/N-ethyl adjacent to an activating group) is 2. The summed E-state index contributed by atoms with van der Waals surface area (Å²) >= 11 is 0. The highest BCUT2D eigenvalue weighted by Gasteiger charge is 2.08. The fourth-order valence-corrected chi connectivity index (χ4v) is 2.19. The minimum atomic E-state index is 0.809. The highest BCUT2D eigenvalue weighted by Crippen LogP contribution is 1.94. The zero-order chi connectivity index (χ0) is 14.5. The topological polar surface area (TPSA) is 49.0 Å². The van der Waals surface area contributed by atoms with Crippen molar-refractivity contribution in [2.24, 2.45) is 0 Å². The van der Waals surface area contributed by atoms with Crippen LogP contribution in [0.2, 0.25) is 0 Å². The van der Waals surface area contributed by atoms with E-state index in [4.69, 9.17) is 9.47 Å². The molecule has 0 saturated carbocycles. The van der Waals surface area contributed by atoms with Gasteiger partial charge in [0.05, 0.1) is 26.4 Å². The molecule has 0 bridgehead atoms. The second-order valence-electron chi connectivity index (χ2n) is 5.12. The van der Waals surface area contributed by atoms with Crippen molar-refractivity contribution in [3.8, 4) is 0 Å². The maximum absolute atomic E-state index is 5.76. The summed E-state index contributed by atoms with van der Waals surface area (Å²) in [6, 6.07) is 0. The van der Waals surface area contributed by atoms with Gasteiger partial charge in [0.25, 0.3) is 0 Å². The molecule has 1 fully saturated rings. The van der Waals surface area contributed by atoms with E-state index in [9.17, 15) is 0 Å². The predicted octanol–water partition coefficient (Wildman–Crippen LogP) is -0.924. The van der Waals surface area contributed by atoms with Crippen molar-refractivity contribution in [1.82, 2.24) is 20.4 Å². The summed E-state index contributed by atoms with van der Waals surface area (Å²) in [5, 5.41) is 6.38. The smallest absolute Gasteiger partial charge is 0.0594 e. The first-order valence-electron chi connectivity index (χ1n) is 7.76. The van der Waals surface area contributed by atoms with Crippen molar-refractivity contribution in [3.63, 3.8) is 0 Å². The maximum Gasteiger partial charge on any atom is 0.0594 e. The van der Waals surface area contributed by atoms with E-state index in [0.29, 0.717) is 0 Å². The van der Waals surface area contributed by atoms with E-state index in [-0.39, 0.29) is 0 Å². The zero-order valence-electron chi connectivity index (χ0n) is 13.2. The van der Waals surface area contributed by atoms with E-state index < -0.39 is 0 Å². The molecule has 0 atom stereocenters. The zero-order valence-corrected chi connectivity index (χ0v) is 13.2. The lowest BCUT2D eigenvalue weighted by Crippen LogP contribution is -2.39. The summed E-state index contributed by atoms with van der Waals surface area (Å²) in [6.45, 7) is 11.3. The molecule has 0 aromatic carbocycles. The van der Waals surface area contributed by atoms with Crippen LogP contribution >= 0.6 is 0 Å². The van der Waals surface area contributed by atoms with E-state index in [1.165, 1.54) is 0 Å². The second kappa shape index (κ2) is 12.5. The lowest BCUT2D eigenvalue weighted by atomic mass is 10.4. The first kappa shape index (κ1) is 17.8. The number of nitrogens with zero attached hydrogens (tertiary/aromatic N) is 2. The summed E-state index contributed by atoms with van der Waals surface area (Å²) in [5.41, 5.74) is 0. The van der Waals surface area contributed by atoms with E-state index >= 15 is 0 Å². The lowest BCUT2D eigenvalue weighted by molar-refractivity contribution is 0.0387. The molecule has 0 amide bonds. The van der Waals surface area contributed by atoms with Crippen LogP contribution in [-0.2, 0) is 9.47 Å². The first-order valence-corrected chi connectivity index (χ1v) is 7.76. The van der Waals surface area contributed by atoms with Crippen LogP contribution in [0.5, 0.6) is 0 Å². The van der Waals surface area contributed by atoms with Crippen LogP contribution in [0.1, 0.15) is 0 Å². The molecule has 120 valence electrons. The molecule has 0 unspecified atom stereocenters. The Morgan fingerprint density at radius 3 is 1.35 bits per heavy atom. The van der Waals surface area contributed by atoms with Crippen LogP contribution in [0.4, 0.5) is 0 Å². The Kier molecular flexibility index (Phi) is 11.1. The Balaban J connectivity index is 2.26. The number of nitrogens with one attached hydrogen (secondary N) is 2. The highest BCUT2D eigenvalue weighted by molar-refractivity contribution is 4.62. The van der Waals surface area contributed by atoms with Gasteiger partial charge < -0.3 is 20.1 Å². The molecule has 2 N–H and O–H groups in total. The Hall–Kier alpha value is -0.240. The lowest BCUT2D eigenvalue weighted by Gasteiger charge is -2.26. The Morgan fingerprint density at radius 1 is 0.700 bits per heavy atom. The molecular weight excluding hydrogens is 256 g/mol. The molecule has 1 rings (SSSR count). The molecule has 0 aliphatic carbocycles. The van der Waals surface area contributed by atoms with Gasteiger partial charge in [-0.05, 0) is 14.1 Å². The van der Waals surface area contributed by atoms with Gasteiger partial charge in [-0.3, -0.25) is 9.80 Å². The van der Waals surface area contributed by atoms with E-state index in [0.717, 1.165) is 78.8 Å². The molecule has 1 aliphatic rings. The normalized spacial score (nSPS) is 21.3. The van der Waals surface area contributed by atoms with Gasteiger partial charge in [-0.15, -0.1) is 0 Å². The van der Waals surface area contributed by atoms with Gasteiger partial charge in [0.2, 0.25) is 0 Å². The summed E-state index contributed by atoms with van der Waals surface area (Å²) < 4.78 is 11.5. The van der Waals surface area contributed by atoms with E-state index in [1.54, 1.807) is 0 Å². The quantitative estimate of drug-likeness (QED) is 0.659. The van der Waals surface area contributed by atoms with Gasteiger partial charge in [-0.2, -0.15) is 0 Å². The number of rotatable bonds is 6. The van der Waals surface area contributed by atoms with Crippen LogP contribution in [0.15, 0.2) is 0 Å². The van der Waals surface area contributed by atoms with Crippen molar-refractivity contribution in [2.75, 3.05) is 92.9 Å². The Labute approximate surface area is 123 Å². The summed E-state index contributed by atoms with van der Waals surface area (Å²) in [6.07, 6.45) is 0. The fourth-order valence-electron chi connectivity index (χ4n) is 2.19. The SMILES string of the molecule is CNCCN1CCOCCN(CCNC)CCOCC1. The van der Waals surface area contributed by atoms with Crippen LogP contribution in [0.3, 0.4) is 0 Å². The average molecular weight is 288 g/mol. The molecule has 0 aromatic rings. The van der Waals surface area contributed by atoms with Gasteiger partial charge in [-0.25, -0.2) is 0 Å². The van der Waals surface area contributed by atoms with Gasteiger partial charge in [-0.1, -0.05) is 0 Å². The molecule has 0 spiro atoms. The maximum atomic E-state index is 5.76. The Morgan fingerprint density at radius 2 is 1.05 bits per heavy atom. The van der Waals surface area contributed by atoms with Crippen molar-refractivity contribution in [3.05, 3.63) is 0 Å². The van der Waals surface area contributed by atoms with Gasteiger partial charge in [0.1, 0.15) is 0 Å². The molecule has 0 aromatic heterocycles. The monoisotopic (exact) mass is 288 g/mol. The number of ether oxygens (including phenoxy) is 2. The van der Waals surface area contributed by atoms with Crippen molar-refractivity contribution in [2.45, 2.75) is 0 Å². The standard InChI is InChI=1S/C14H32N4O2/c1-15-3-5-17-7-11-19-13-9-18(6-4-16-2)10-14-20-12-8-17/h15-16H,3-14H2,1-2H3. The summed E-state index contributed by atoms with van der Waals surface area (Å²) in [7, 11) is 3.98. The third-order valence-electron chi connectivity index (χ3n) is 3.56. The molecule has 20 heavy (non-hydrogen) atoms. The fraction of sp³-hybridized carbons (Fsp3) is 1.00. The predicted molar refractivity (Wildman–Crippen MR) is 82.4 cm³/mol. The largest absolute Gasteiger partial charge is 0.379 e. The van der Waals surface area contributed by atoms with Crippen molar-refractivity contribution >= 4 is 0 Å². The second-order valence-corrected chi connectivity index (χ2v) is 5.12. The third kappa shape index (κ3) is 8.84. The minimum Gasteiger partial charge on any atom is -0.379 e. The molecule has 6 nitrogen and oxygen atoms in total. The van der Waals surface area contributed by atoms with Crippen LogP contribution in [-0.4, -0.2) is 103 Å². The summed E-state index contributed by atoms with van der Waals surface area (Å²) in [5.74, 6) is 0. The molecular formula is C14H32N4O2. The molecule has 6 heteroatoms. The molecule has 1 aliphatic heterocycles. The average Bonchev–Trinajstić information content (AvgIpc) is 2.45. The number of hydrogen-bond acceptors (Lipinski definition) is 6. The summed E-state index contributed by atoms with van der Waals surface area (Å²) in [4.78, 5) is 4.80. The Bertz CT molecular complexity index is 185. The van der Waals surface area contributed by atoms with Gasteiger partial charge in [0.15, 0.2) is 0 Å². The highest BCUT2D eigenvalue weighted by atomic mass is 16.5. The first-order chi connectivity index (χ1) is 9.86. The van der Waals surface area contributed by atoms with E-state index in [1.807, 2.05) is 14.1 Å². The molecule has 0 radical (unpaired) electrons. The van der Waals surface area contributed by atoms with Crippen LogP contribution in [0.25, 0.3) is 0 Å². The molecule has 1 heterocycles. The number of hydrogen-bond donors (Lipinski definition) is 2.